The maximum atomic E-state index is 12.8. The van der Waals surface area contributed by atoms with Gasteiger partial charge in [-0.2, -0.15) is 0 Å². The quantitative estimate of drug-likeness (QED) is 0.404. The Kier molecular flexibility index (Phi) is 7.75. The molecule has 0 spiro atoms. The Morgan fingerprint density at radius 2 is 2.11 bits per heavy atom. The number of nitrogens with one attached hydrogen (secondary N) is 1. The van der Waals surface area contributed by atoms with E-state index in [1.54, 1.807) is 36.5 Å². The zero-order valence-electron chi connectivity index (χ0n) is 16.5. The first-order chi connectivity index (χ1) is 13.5. The van der Waals surface area contributed by atoms with Crippen molar-refractivity contribution in [3.05, 3.63) is 66.5 Å². The summed E-state index contributed by atoms with van der Waals surface area (Å²) in [6.45, 7) is 7.55. The molecule has 0 fully saturated rings. The lowest BCUT2D eigenvalue weighted by Gasteiger charge is -2.23. The van der Waals surface area contributed by atoms with E-state index in [2.05, 4.69) is 16.9 Å². The second kappa shape index (κ2) is 10.3. The van der Waals surface area contributed by atoms with E-state index in [4.69, 9.17) is 9.47 Å². The van der Waals surface area contributed by atoms with Crippen LogP contribution in [-0.4, -0.2) is 30.0 Å². The van der Waals surface area contributed by atoms with E-state index < -0.39 is 12.0 Å². The fourth-order valence-electron chi connectivity index (χ4n) is 2.65. The molecule has 0 aliphatic heterocycles. The number of rotatable bonds is 9. The minimum Gasteiger partial charge on any atom is -0.493 e. The van der Waals surface area contributed by atoms with Crippen molar-refractivity contribution in [1.82, 2.24) is 10.3 Å². The summed E-state index contributed by atoms with van der Waals surface area (Å²) >= 11 is 0. The zero-order chi connectivity index (χ0) is 20.5. The van der Waals surface area contributed by atoms with Crippen LogP contribution in [0, 0.1) is 5.92 Å². The number of nitrogens with zero attached hydrogens (tertiary/aromatic N) is 1. The number of benzene rings is 1. The highest BCUT2D eigenvalue weighted by Gasteiger charge is 2.29. The van der Waals surface area contributed by atoms with Crippen LogP contribution in [0.25, 0.3) is 0 Å². The molecule has 2 unspecified atom stereocenters. The van der Waals surface area contributed by atoms with Crippen molar-refractivity contribution in [3.63, 3.8) is 0 Å². The Balaban J connectivity index is 0.00000420. The van der Waals surface area contributed by atoms with E-state index in [1.807, 2.05) is 19.9 Å². The Hall–Kier alpha value is -3.15. The summed E-state index contributed by atoms with van der Waals surface area (Å²) in [4.78, 5) is 29.2. The summed E-state index contributed by atoms with van der Waals surface area (Å²) in [7, 11) is 1.51. The van der Waals surface area contributed by atoms with Crippen LogP contribution in [0.3, 0.4) is 0 Å². The van der Waals surface area contributed by atoms with E-state index in [-0.39, 0.29) is 13.3 Å². The van der Waals surface area contributed by atoms with E-state index >= 15 is 0 Å². The molecule has 1 N–H and O–H groups in total. The van der Waals surface area contributed by atoms with E-state index in [1.165, 1.54) is 13.3 Å². The van der Waals surface area contributed by atoms with E-state index in [9.17, 15) is 9.59 Å². The molecule has 2 rings (SSSR count). The maximum absolute atomic E-state index is 12.8. The lowest BCUT2D eigenvalue weighted by molar-refractivity contribution is -0.138. The van der Waals surface area contributed by atoms with Crippen LogP contribution < -0.4 is 14.8 Å². The third-order valence-corrected chi connectivity index (χ3v) is 4.50. The van der Waals surface area contributed by atoms with Crippen LogP contribution in [0.1, 0.15) is 37.6 Å². The smallest absolute Gasteiger partial charge is 0.334 e. The van der Waals surface area contributed by atoms with Gasteiger partial charge < -0.3 is 14.8 Å². The van der Waals surface area contributed by atoms with Crippen LogP contribution in [0.4, 0.5) is 0 Å². The summed E-state index contributed by atoms with van der Waals surface area (Å²) in [5.74, 6) is -0.261. The van der Waals surface area contributed by atoms with Gasteiger partial charge in [-0.3, -0.25) is 9.78 Å². The first kappa shape index (κ1) is 21.2. The Labute approximate surface area is 167 Å². The number of pyridine rings is 1. The molecular formula is C22H28N2O4. The lowest BCUT2D eigenvalue weighted by atomic mass is 9.99. The predicted octanol–water partition coefficient (Wildman–Crippen LogP) is 3.81. The third-order valence-electron chi connectivity index (χ3n) is 4.50. The van der Waals surface area contributed by atoms with Crippen molar-refractivity contribution >= 4 is 11.9 Å². The number of ether oxygens (including phenoxy) is 2. The molecule has 6 heteroatoms. The molecule has 6 nitrogen and oxygen atoms in total. The van der Waals surface area contributed by atoms with Gasteiger partial charge in [0.2, 0.25) is 0 Å². The van der Waals surface area contributed by atoms with Crippen LogP contribution in [0.15, 0.2) is 55.4 Å². The molecule has 2 atom stereocenters. The molecule has 0 saturated heterocycles. The molecule has 1 heterocycles. The molecule has 1 aromatic heterocycles. The van der Waals surface area contributed by atoms with Gasteiger partial charge in [-0.25, -0.2) is 4.79 Å². The molecule has 2 aromatic rings. The molecule has 0 aliphatic carbocycles. The number of allylic oxidation sites excluding steroid dienone is 1. The molecule has 0 saturated carbocycles. The van der Waals surface area contributed by atoms with Crippen molar-refractivity contribution in [2.45, 2.75) is 32.7 Å². The molecular weight excluding hydrogens is 356 g/mol. The topological polar surface area (TPSA) is 77.5 Å². The van der Waals surface area contributed by atoms with Crippen LogP contribution >= 0.6 is 0 Å². The fourth-order valence-corrected chi connectivity index (χ4v) is 2.65. The molecule has 0 bridgehead atoms. The Bertz CT molecular complexity index is 827. The van der Waals surface area contributed by atoms with Gasteiger partial charge in [-0.05, 0) is 42.2 Å². The number of esters is 1. The summed E-state index contributed by atoms with van der Waals surface area (Å²) in [5.41, 5.74) is 1.38. The molecule has 150 valence electrons. The summed E-state index contributed by atoms with van der Waals surface area (Å²) in [6.07, 6.45) is 6.20. The molecule has 0 aliphatic rings. The van der Waals surface area contributed by atoms with Crippen molar-refractivity contribution in [1.29, 1.82) is 0 Å². The van der Waals surface area contributed by atoms with E-state index in [0.717, 1.165) is 5.56 Å². The highest BCUT2D eigenvalue weighted by Crippen LogP contribution is 2.29. The minimum absolute atomic E-state index is 0. The summed E-state index contributed by atoms with van der Waals surface area (Å²) < 4.78 is 10.9. The van der Waals surface area contributed by atoms with Crippen LogP contribution in [-0.2, 0) is 11.2 Å². The van der Waals surface area contributed by atoms with E-state index in [0.29, 0.717) is 29.9 Å². The molecule has 0 radical (unpaired) electrons. The van der Waals surface area contributed by atoms with Crippen molar-refractivity contribution < 1.29 is 20.5 Å². The van der Waals surface area contributed by atoms with Gasteiger partial charge in [0.15, 0.2) is 11.5 Å². The number of carbonyl (C=O) groups is 2. The number of aromatic nitrogens is 1. The second-order valence-electron chi connectivity index (χ2n) is 6.48. The Morgan fingerprint density at radius 3 is 2.71 bits per heavy atom. The Morgan fingerprint density at radius 1 is 1.32 bits per heavy atom. The average molecular weight is 384 g/mol. The summed E-state index contributed by atoms with van der Waals surface area (Å²) in [5, 5.41) is 2.77. The highest BCUT2D eigenvalue weighted by atomic mass is 16.6. The first-order valence-electron chi connectivity index (χ1n) is 9.20. The lowest BCUT2D eigenvalue weighted by Crippen LogP contribution is -2.47. The van der Waals surface area contributed by atoms with Crippen molar-refractivity contribution in [2.24, 2.45) is 5.92 Å². The fraction of sp³-hybridized carbons (Fsp3) is 0.318. The van der Waals surface area contributed by atoms with Gasteiger partial charge in [-0.1, -0.05) is 32.4 Å². The average Bonchev–Trinajstić information content (AvgIpc) is 2.73. The third kappa shape index (κ3) is 5.42. The van der Waals surface area contributed by atoms with Gasteiger partial charge in [0.05, 0.1) is 12.7 Å². The van der Waals surface area contributed by atoms with Crippen LogP contribution in [0.5, 0.6) is 11.5 Å². The van der Waals surface area contributed by atoms with Gasteiger partial charge >= 0.3 is 5.97 Å². The number of carbonyl (C=O) groups excluding carboxylic acids is 2. The monoisotopic (exact) mass is 384 g/mol. The van der Waals surface area contributed by atoms with Crippen molar-refractivity contribution in [2.75, 3.05) is 7.11 Å². The minimum atomic E-state index is -0.796. The van der Waals surface area contributed by atoms with Gasteiger partial charge in [0, 0.05) is 13.8 Å². The standard InChI is InChI=1S/C22H26N2O4.H2/c1-5-8-16-10-11-18(19(13-16)27-4)28-22(26)20(15(3)6-2)24-21(25)17-9-7-12-23-14-17;/h5,7,9-15,20H,1,6,8H2,2-4H3,(H,24,25);1H. The number of methoxy groups -OCH3 is 1. The normalized spacial score (nSPS) is 12.5. The molecule has 1 amide bonds. The SMILES string of the molecule is C=CCc1ccc(OC(=O)C(NC(=O)c2cccnc2)C(C)CC)c(OC)c1.[HH]. The number of amides is 1. The first-order valence-corrected chi connectivity index (χ1v) is 9.20. The predicted molar refractivity (Wildman–Crippen MR) is 110 cm³/mol. The van der Waals surface area contributed by atoms with Crippen LogP contribution in [0.2, 0.25) is 0 Å². The summed E-state index contributed by atoms with van der Waals surface area (Å²) in [6, 6.07) is 7.85. The van der Waals surface area contributed by atoms with Crippen molar-refractivity contribution in [3.8, 4) is 11.5 Å². The van der Waals surface area contributed by atoms with Gasteiger partial charge in [-0.15, -0.1) is 6.58 Å². The largest absolute Gasteiger partial charge is 0.493 e. The zero-order valence-corrected chi connectivity index (χ0v) is 16.5. The number of hydrogen-bond donors (Lipinski definition) is 1. The maximum Gasteiger partial charge on any atom is 0.334 e. The van der Waals surface area contributed by atoms with Gasteiger partial charge in [0.25, 0.3) is 5.91 Å². The number of hydrogen-bond acceptors (Lipinski definition) is 5. The molecule has 1 aromatic carbocycles. The highest BCUT2D eigenvalue weighted by molar-refractivity contribution is 5.96. The van der Waals surface area contributed by atoms with Gasteiger partial charge in [0.1, 0.15) is 6.04 Å². The second-order valence-corrected chi connectivity index (χ2v) is 6.48. The molecule has 28 heavy (non-hydrogen) atoms.